The Morgan fingerprint density at radius 1 is 1.14 bits per heavy atom. The van der Waals surface area contributed by atoms with E-state index in [4.69, 9.17) is 27.9 Å². The SMILES string of the molecule is CC(OC(=O)c1cccc(S(=O)(=O)NC2CC2)c1)C(=O)Nc1ccc(Cl)cc1Cl. The minimum Gasteiger partial charge on any atom is -0.449 e. The zero-order valence-electron chi connectivity index (χ0n) is 15.3. The fraction of sp³-hybridized carbons (Fsp3) is 0.263. The Labute approximate surface area is 178 Å². The van der Waals surface area contributed by atoms with Crippen molar-refractivity contribution in [2.45, 2.75) is 36.8 Å². The molecule has 10 heteroatoms. The lowest BCUT2D eigenvalue weighted by Gasteiger charge is -2.15. The lowest BCUT2D eigenvalue weighted by Crippen LogP contribution is -2.30. The third-order valence-electron chi connectivity index (χ3n) is 4.12. The number of anilines is 1. The zero-order valence-corrected chi connectivity index (χ0v) is 17.6. The molecule has 0 bridgehead atoms. The maximum absolute atomic E-state index is 12.4. The minimum absolute atomic E-state index is 0.0212. The van der Waals surface area contributed by atoms with Gasteiger partial charge in [0.1, 0.15) is 0 Å². The van der Waals surface area contributed by atoms with Gasteiger partial charge in [0, 0.05) is 11.1 Å². The summed E-state index contributed by atoms with van der Waals surface area (Å²) in [6.07, 6.45) is 0.454. The standard InChI is InChI=1S/C19H18Cl2N2O5S/c1-11(18(24)22-17-8-5-13(20)10-16(17)21)28-19(25)12-3-2-4-15(9-12)29(26,27)23-14-6-7-14/h2-5,8-11,14,23H,6-7H2,1H3,(H,22,24). The largest absolute Gasteiger partial charge is 0.449 e. The predicted octanol–water partition coefficient (Wildman–Crippen LogP) is 3.62. The zero-order chi connectivity index (χ0) is 21.2. The molecular formula is C19H18Cl2N2O5S. The number of benzene rings is 2. The predicted molar refractivity (Wildman–Crippen MR) is 110 cm³/mol. The number of nitrogens with one attached hydrogen (secondary N) is 2. The number of rotatable bonds is 7. The van der Waals surface area contributed by atoms with E-state index in [2.05, 4.69) is 10.0 Å². The van der Waals surface area contributed by atoms with E-state index in [1.54, 1.807) is 6.07 Å². The van der Waals surface area contributed by atoms with Crippen LogP contribution in [-0.2, 0) is 19.6 Å². The molecule has 2 aromatic carbocycles. The van der Waals surface area contributed by atoms with Gasteiger partial charge in [0.25, 0.3) is 5.91 Å². The molecule has 154 valence electrons. The van der Waals surface area contributed by atoms with Gasteiger partial charge in [0.05, 0.1) is 21.2 Å². The lowest BCUT2D eigenvalue weighted by atomic mass is 10.2. The van der Waals surface area contributed by atoms with Crippen LogP contribution in [0, 0.1) is 0 Å². The van der Waals surface area contributed by atoms with E-state index in [1.807, 2.05) is 0 Å². The summed E-state index contributed by atoms with van der Waals surface area (Å²) in [6.45, 7) is 1.40. The molecule has 0 aromatic heterocycles. The van der Waals surface area contributed by atoms with Crippen LogP contribution in [0.2, 0.25) is 10.0 Å². The summed E-state index contributed by atoms with van der Waals surface area (Å²) in [6, 6.07) is 9.96. The van der Waals surface area contributed by atoms with Crippen LogP contribution in [0.4, 0.5) is 5.69 Å². The Morgan fingerprint density at radius 3 is 2.52 bits per heavy atom. The van der Waals surface area contributed by atoms with Crippen LogP contribution >= 0.6 is 23.2 Å². The van der Waals surface area contributed by atoms with Crippen LogP contribution in [0.25, 0.3) is 0 Å². The van der Waals surface area contributed by atoms with Crippen LogP contribution in [0.5, 0.6) is 0 Å². The van der Waals surface area contributed by atoms with E-state index < -0.39 is 28.0 Å². The molecule has 1 aliphatic carbocycles. The third-order valence-corrected chi connectivity index (χ3v) is 6.19. The van der Waals surface area contributed by atoms with Crippen LogP contribution in [0.1, 0.15) is 30.1 Å². The molecule has 1 aliphatic rings. The smallest absolute Gasteiger partial charge is 0.338 e. The van der Waals surface area contributed by atoms with Crippen molar-refractivity contribution in [1.29, 1.82) is 0 Å². The highest BCUT2D eigenvalue weighted by Crippen LogP contribution is 2.26. The van der Waals surface area contributed by atoms with Crippen molar-refractivity contribution in [2.75, 3.05) is 5.32 Å². The number of ether oxygens (including phenoxy) is 1. The molecule has 0 spiro atoms. The second-order valence-electron chi connectivity index (χ2n) is 6.58. The number of hydrogen-bond donors (Lipinski definition) is 2. The molecule has 2 N–H and O–H groups in total. The topological polar surface area (TPSA) is 102 Å². The first-order valence-corrected chi connectivity index (χ1v) is 11.0. The first-order valence-electron chi connectivity index (χ1n) is 8.75. The summed E-state index contributed by atoms with van der Waals surface area (Å²) in [7, 11) is -3.71. The Hall–Kier alpha value is -2.13. The van der Waals surface area contributed by atoms with E-state index in [0.29, 0.717) is 10.7 Å². The van der Waals surface area contributed by atoms with E-state index in [9.17, 15) is 18.0 Å². The Morgan fingerprint density at radius 2 is 1.86 bits per heavy atom. The van der Waals surface area contributed by atoms with Gasteiger partial charge in [0.15, 0.2) is 6.10 Å². The van der Waals surface area contributed by atoms with Gasteiger partial charge in [-0.3, -0.25) is 4.79 Å². The van der Waals surface area contributed by atoms with Crippen LogP contribution in [-0.4, -0.2) is 32.4 Å². The molecular weight excluding hydrogens is 439 g/mol. The number of esters is 1. The Balaban J connectivity index is 1.66. The van der Waals surface area contributed by atoms with Crippen molar-refractivity contribution in [1.82, 2.24) is 4.72 Å². The average molecular weight is 457 g/mol. The summed E-state index contributed by atoms with van der Waals surface area (Å²) < 4.78 is 32.3. The third kappa shape index (κ3) is 5.70. The maximum atomic E-state index is 12.4. The molecule has 1 saturated carbocycles. The number of amides is 1. The molecule has 29 heavy (non-hydrogen) atoms. The second-order valence-corrected chi connectivity index (χ2v) is 9.14. The monoisotopic (exact) mass is 456 g/mol. The molecule has 2 aromatic rings. The molecule has 1 amide bonds. The number of halogens is 2. The van der Waals surface area contributed by atoms with Gasteiger partial charge in [-0.05, 0) is 56.2 Å². The molecule has 0 heterocycles. The van der Waals surface area contributed by atoms with Crippen molar-refractivity contribution in [3.63, 3.8) is 0 Å². The maximum Gasteiger partial charge on any atom is 0.338 e. The van der Waals surface area contributed by atoms with Gasteiger partial charge in [-0.15, -0.1) is 0 Å². The minimum atomic E-state index is -3.71. The van der Waals surface area contributed by atoms with Crippen LogP contribution < -0.4 is 10.0 Å². The Bertz CT molecular complexity index is 1050. The number of carbonyl (C=O) groups excluding carboxylic acids is 2. The highest BCUT2D eigenvalue weighted by molar-refractivity contribution is 7.89. The van der Waals surface area contributed by atoms with Gasteiger partial charge >= 0.3 is 5.97 Å². The summed E-state index contributed by atoms with van der Waals surface area (Å²) in [5.41, 5.74) is 0.344. The van der Waals surface area contributed by atoms with Crippen molar-refractivity contribution >= 4 is 50.8 Å². The molecule has 7 nitrogen and oxygen atoms in total. The van der Waals surface area contributed by atoms with Gasteiger partial charge in [0.2, 0.25) is 10.0 Å². The Kier molecular flexibility index (Phi) is 6.48. The van der Waals surface area contributed by atoms with E-state index >= 15 is 0 Å². The van der Waals surface area contributed by atoms with Gasteiger partial charge in [-0.25, -0.2) is 17.9 Å². The molecule has 0 radical (unpaired) electrons. The van der Waals surface area contributed by atoms with Gasteiger partial charge in [-0.2, -0.15) is 0 Å². The van der Waals surface area contributed by atoms with E-state index in [-0.39, 0.29) is 21.5 Å². The van der Waals surface area contributed by atoms with Crippen LogP contribution in [0.3, 0.4) is 0 Å². The number of carbonyl (C=O) groups is 2. The lowest BCUT2D eigenvalue weighted by molar-refractivity contribution is -0.123. The molecule has 1 fully saturated rings. The van der Waals surface area contributed by atoms with Gasteiger partial charge in [-0.1, -0.05) is 29.3 Å². The fourth-order valence-corrected chi connectivity index (χ4v) is 4.19. The summed E-state index contributed by atoms with van der Waals surface area (Å²) in [5.74, 6) is -1.42. The van der Waals surface area contributed by atoms with Crippen LogP contribution in [0.15, 0.2) is 47.4 Å². The molecule has 1 unspecified atom stereocenters. The van der Waals surface area contributed by atoms with Crippen molar-refractivity contribution in [3.05, 3.63) is 58.1 Å². The van der Waals surface area contributed by atoms with Gasteiger partial charge < -0.3 is 10.1 Å². The second kappa shape index (κ2) is 8.71. The fourth-order valence-electron chi connectivity index (χ4n) is 2.39. The normalized spacial score (nSPS) is 14.9. The summed E-state index contributed by atoms with van der Waals surface area (Å²) in [4.78, 5) is 24.6. The summed E-state index contributed by atoms with van der Waals surface area (Å²) in [5, 5.41) is 3.20. The first-order chi connectivity index (χ1) is 13.7. The van der Waals surface area contributed by atoms with Crippen molar-refractivity contribution in [2.24, 2.45) is 0 Å². The number of hydrogen-bond acceptors (Lipinski definition) is 5. The molecule has 0 saturated heterocycles. The first kappa shape index (κ1) is 21.6. The number of sulfonamides is 1. The van der Waals surface area contributed by atoms with E-state index in [0.717, 1.165) is 12.8 Å². The quantitative estimate of drug-likeness (QED) is 0.619. The van der Waals surface area contributed by atoms with Crippen molar-refractivity contribution < 1.29 is 22.7 Å². The molecule has 3 rings (SSSR count). The van der Waals surface area contributed by atoms with Crippen molar-refractivity contribution in [3.8, 4) is 0 Å². The highest BCUT2D eigenvalue weighted by Gasteiger charge is 2.28. The molecule has 0 aliphatic heterocycles. The van der Waals surface area contributed by atoms with E-state index in [1.165, 1.54) is 43.3 Å². The average Bonchev–Trinajstić information content (AvgIpc) is 3.47. The highest BCUT2D eigenvalue weighted by atomic mass is 35.5. The summed E-state index contributed by atoms with van der Waals surface area (Å²) >= 11 is 11.8. The molecule has 1 atom stereocenters.